The molecule has 0 radical (unpaired) electrons. The van der Waals surface area contributed by atoms with Crippen molar-refractivity contribution in [3.63, 3.8) is 0 Å². The van der Waals surface area contributed by atoms with Gasteiger partial charge >= 0.3 is 5.97 Å². The van der Waals surface area contributed by atoms with Gasteiger partial charge in [-0.3, -0.25) is 4.79 Å². The van der Waals surface area contributed by atoms with Gasteiger partial charge in [0.05, 0.1) is 19.2 Å². The summed E-state index contributed by atoms with van der Waals surface area (Å²) >= 11 is 0. The molecule has 1 aliphatic rings. The maximum atomic E-state index is 10.7. The molecule has 0 saturated heterocycles. The second kappa shape index (κ2) is 3.37. The zero-order valence-electron chi connectivity index (χ0n) is 6.66. The van der Waals surface area contributed by atoms with E-state index >= 15 is 0 Å². The molecule has 0 amide bonds. The Labute approximate surface area is 65.2 Å². The van der Waals surface area contributed by atoms with Crippen molar-refractivity contribution in [2.24, 2.45) is 5.16 Å². The van der Waals surface area contributed by atoms with E-state index in [0.717, 1.165) is 12.1 Å². The third-order valence-corrected chi connectivity index (χ3v) is 1.50. The van der Waals surface area contributed by atoms with Crippen molar-refractivity contribution in [1.82, 2.24) is 0 Å². The molecule has 1 atom stereocenters. The number of rotatable bonds is 2. The Morgan fingerprint density at radius 3 is 3.09 bits per heavy atom. The minimum atomic E-state index is -0.250. The monoisotopic (exact) mass is 157 g/mol. The summed E-state index contributed by atoms with van der Waals surface area (Å²) in [6, 6.07) is 0. The molecule has 0 bridgehead atoms. The van der Waals surface area contributed by atoms with Gasteiger partial charge in [-0.05, 0) is 6.92 Å². The average Bonchev–Trinajstić information content (AvgIpc) is 2.35. The molecule has 0 aromatic heterocycles. The van der Waals surface area contributed by atoms with Gasteiger partial charge < -0.3 is 9.57 Å². The van der Waals surface area contributed by atoms with Crippen LogP contribution in [0.4, 0.5) is 0 Å². The van der Waals surface area contributed by atoms with Gasteiger partial charge in [-0.1, -0.05) is 5.16 Å². The number of carbonyl (C=O) groups is 1. The molecular weight excluding hydrogens is 146 g/mol. The third-order valence-electron chi connectivity index (χ3n) is 1.50. The normalized spacial score (nSPS) is 22.4. The SMILES string of the molecule is COC(=O)CC1CC(C)=NO1. The number of hydrogen-bond acceptors (Lipinski definition) is 4. The van der Waals surface area contributed by atoms with Crippen LogP contribution in [0, 0.1) is 0 Å². The number of oxime groups is 1. The highest BCUT2D eigenvalue weighted by molar-refractivity contribution is 5.83. The van der Waals surface area contributed by atoms with Gasteiger partial charge in [0.2, 0.25) is 0 Å². The molecule has 0 aromatic rings. The molecular formula is C7H11NO3. The summed E-state index contributed by atoms with van der Waals surface area (Å²) in [5, 5.41) is 3.71. The summed E-state index contributed by atoms with van der Waals surface area (Å²) in [6.07, 6.45) is 0.911. The van der Waals surface area contributed by atoms with E-state index in [1.54, 1.807) is 0 Å². The lowest BCUT2D eigenvalue weighted by Gasteiger charge is -2.04. The van der Waals surface area contributed by atoms with Gasteiger partial charge in [0.15, 0.2) is 0 Å². The first kappa shape index (κ1) is 8.04. The Morgan fingerprint density at radius 1 is 1.91 bits per heavy atom. The van der Waals surface area contributed by atoms with Gasteiger partial charge in [0.1, 0.15) is 6.10 Å². The Kier molecular flexibility index (Phi) is 2.46. The second-order valence-electron chi connectivity index (χ2n) is 2.54. The van der Waals surface area contributed by atoms with E-state index in [1.165, 1.54) is 7.11 Å². The predicted molar refractivity (Wildman–Crippen MR) is 39.2 cm³/mol. The smallest absolute Gasteiger partial charge is 0.309 e. The summed E-state index contributed by atoms with van der Waals surface area (Å²) in [4.78, 5) is 15.6. The topological polar surface area (TPSA) is 47.9 Å². The van der Waals surface area contributed by atoms with E-state index in [1.807, 2.05) is 6.92 Å². The lowest BCUT2D eigenvalue weighted by molar-refractivity contribution is -0.143. The van der Waals surface area contributed by atoms with E-state index in [2.05, 4.69) is 9.89 Å². The molecule has 62 valence electrons. The van der Waals surface area contributed by atoms with Crippen LogP contribution in [0.1, 0.15) is 19.8 Å². The molecule has 4 heteroatoms. The highest BCUT2D eigenvalue weighted by Gasteiger charge is 2.21. The summed E-state index contributed by atoms with van der Waals surface area (Å²) in [7, 11) is 1.37. The third kappa shape index (κ3) is 2.22. The standard InChI is InChI=1S/C7H11NO3/c1-5-3-6(11-8-5)4-7(9)10-2/h6H,3-4H2,1-2H3. The molecule has 0 spiro atoms. The number of esters is 1. The minimum Gasteiger partial charge on any atom is -0.469 e. The van der Waals surface area contributed by atoms with Crippen molar-refractivity contribution in [1.29, 1.82) is 0 Å². The van der Waals surface area contributed by atoms with Gasteiger partial charge in [-0.15, -0.1) is 0 Å². The summed E-state index contributed by atoms with van der Waals surface area (Å²) in [5.74, 6) is -0.250. The van der Waals surface area contributed by atoms with Gasteiger partial charge in [-0.2, -0.15) is 0 Å². The Balaban J connectivity index is 2.26. The first-order valence-corrected chi connectivity index (χ1v) is 3.48. The molecule has 11 heavy (non-hydrogen) atoms. The Hall–Kier alpha value is -1.06. The Morgan fingerprint density at radius 2 is 2.64 bits per heavy atom. The molecule has 4 nitrogen and oxygen atoms in total. The number of hydrogen-bond donors (Lipinski definition) is 0. The molecule has 0 aliphatic carbocycles. The molecule has 1 aliphatic heterocycles. The van der Waals surface area contributed by atoms with E-state index in [-0.39, 0.29) is 18.5 Å². The molecule has 0 saturated carbocycles. The Bertz CT molecular complexity index is 188. The van der Waals surface area contributed by atoms with Crippen LogP contribution in [-0.2, 0) is 14.4 Å². The lowest BCUT2D eigenvalue weighted by Crippen LogP contribution is -2.14. The van der Waals surface area contributed by atoms with Crippen molar-refractivity contribution >= 4 is 11.7 Å². The van der Waals surface area contributed by atoms with Crippen LogP contribution < -0.4 is 0 Å². The number of nitrogens with zero attached hydrogens (tertiary/aromatic N) is 1. The summed E-state index contributed by atoms with van der Waals surface area (Å²) < 4.78 is 4.48. The highest BCUT2D eigenvalue weighted by Crippen LogP contribution is 2.13. The first-order valence-electron chi connectivity index (χ1n) is 3.48. The number of methoxy groups -OCH3 is 1. The van der Waals surface area contributed by atoms with E-state index < -0.39 is 0 Å². The zero-order valence-corrected chi connectivity index (χ0v) is 6.66. The fourth-order valence-corrected chi connectivity index (χ4v) is 0.947. The van der Waals surface area contributed by atoms with Crippen LogP contribution in [-0.4, -0.2) is 24.9 Å². The van der Waals surface area contributed by atoms with Gasteiger partial charge in [0, 0.05) is 6.42 Å². The minimum absolute atomic E-state index is 0.109. The van der Waals surface area contributed by atoms with Crippen LogP contribution in [0.15, 0.2) is 5.16 Å². The number of ether oxygens (including phenoxy) is 1. The van der Waals surface area contributed by atoms with E-state index in [9.17, 15) is 4.79 Å². The van der Waals surface area contributed by atoms with Crippen molar-refractivity contribution in [2.45, 2.75) is 25.9 Å². The molecule has 0 fully saturated rings. The van der Waals surface area contributed by atoms with Gasteiger partial charge in [0.25, 0.3) is 0 Å². The molecule has 0 aromatic carbocycles. The van der Waals surface area contributed by atoms with Crippen molar-refractivity contribution in [3.8, 4) is 0 Å². The van der Waals surface area contributed by atoms with Crippen LogP contribution >= 0.6 is 0 Å². The lowest BCUT2D eigenvalue weighted by atomic mass is 10.1. The second-order valence-corrected chi connectivity index (χ2v) is 2.54. The first-order chi connectivity index (χ1) is 5.22. The van der Waals surface area contributed by atoms with Crippen LogP contribution in [0.25, 0.3) is 0 Å². The van der Waals surface area contributed by atoms with E-state index in [0.29, 0.717) is 0 Å². The summed E-state index contributed by atoms with van der Waals surface area (Å²) in [5.41, 5.74) is 0.930. The maximum absolute atomic E-state index is 10.7. The highest BCUT2D eigenvalue weighted by atomic mass is 16.6. The fraction of sp³-hybridized carbons (Fsp3) is 0.714. The largest absolute Gasteiger partial charge is 0.469 e. The molecule has 1 unspecified atom stereocenters. The quantitative estimate of drug-likeness (QED) is 0.555. The maximum Gasteiger partial charge on any atom is 0.309 e. The van der Waals surface area contributed by atoms with Crippen molar-refractivity contribution in [2.75, 3.05) is 7.11 Å². The fourth-order valence-electron chi connectivity index (χ4n) is 0.947. The van der Waals surface area contributed by atoms with Crippen LogP contribution in [0.2, 0.25) is 0 Å². The summed E-state index contributed by atoms with van der Waals surface area (Å²) in [6.45, 7) is 1.87. The number of carbonyl (C=O) groups excluding carboxylic acids is 1. The average molecular weight is 157 g/mol. The molecule has 1 heterocycles. The molecule has 0 N–H and O–H groups in total. The van der Waals surface area contributed by atoms with Crippen molar-refractivity contribution < 1.29 is 14.4 Å². The van der Waals surface area contributed by atoms with E-state index in [4.69, 9.17) is 4.84 Å². The molecule has 1 rings (SSSR count). The zero-order chi connectivity index (χ0) is 8.27. The van der Waals surface area contributed by atoms with Crippen molar-refractivity contribution in [3.05, 3.63) is 0 Å². The van der Waals surface area contributed by atoms with Crippen LogP contribution in [0.3, 0.4) is 0 Å². The van der Waals surface area contributed by atoms with Crippen LogP contribution in [0.5, 0.6) is 0 Å². The predicted octanol–water partition coefficient (Wildman–Crippen LogP) is 0.714. The van der Waals surface area contributed by atoms with Gasteiger partial charge in [-0.25, -0.2) is 0 Å².